The minimum Gasteiger partial charge on any atom is -0.387 e. The van der Waals surface area contributed by atoms with Gasteiger partial charge in [-0.05, 0) is 66.3 Å². The maximum absolute atomic E-state index is 12.7. The Morgan fingerprint density at radius 1 is 1.00 bits per heavy atom. The van der Waals surface area contributed by atoms with Crippen molar-refractivity contribution in [3.05, 3.63) is 99.1 Å². The van der Waals surface area contributed by atoms with Gasteiger partial charge in [-0.2, -0.15) is 8.42 Å². The average molecular weight is 575 g/mol. The highest BCUT2D eigenvalue weighted by atomic mass is 35.5. The third kappa shape index (κ3) is 5.38. The number of hydrogen-bond donors (Lipinski definition) is 3. The van der Waals surface area contributed by atoms with Crippen LogP contribution in [0.2, 0.25) is 5.02 Å². The predicted molar refractivity (Wildman–Crippen MR) is 144 cm³/mol. The highest BCUT2D eigenvalue weighted by molar-refractivity contribution is 7.86. The molecule has 1 spiro atoms. The molecule has 5 atom stereocenters. The average Bonchev–Trinajstić information content (AvgIpc) is 3.27. The Hall–Kier alpha value is -2.34. The SMILES string of the molecule is CCc1ccc(Cc2cc3c(cc2Cl)CO[C@]32O[C@H](COS(=O)(=O)c3ccc(C)cc3)[C@@H](O)[C@H](O)[C@H]2O)cc1. The van der Waals surface area contributed by atoms with Gasteiger partial charge in [-0.1, -0.05) is 60.5 Å². The molecule has 39 heavy (non-hydrogen) atoms. The second-order valence-corrected chi connectivity index (χ2v) is 12.1. The molecule has 3 aromatic rings. The van der Waals surface area contributed by atoms with E-state index in [0.717, 1.165) is 23.1 Å². The number of aliphatic hydroxyl groups excluding tert-OH is 3. The Morgan fingerprint density at radius 2 is 1.67 bits per heavy atom. The molecule has 0 aromatic heterocycles. The molecule has 3 aromatic carbocycles. The summed E-state index contributed by atoms with van der Waals surface area (Å²) in [5, 5.41) is 33.0. The molecule has 0 saturated carbocycles. The number of hydrogen-bond acceptors (Lipinski definition) is 8. The van der Waals surface area contributed by atoms with Gasteiger partial charge in [-0.15, -0.1) is 0 Å². The van der Waals surface area contributed by atoms with Gasteiger partial charge >= 0.3 is 0 Å². The van der Waals surface area contributed by atoms with Crippen LogP contribution in [-0.4, -0.2) is 54.8 Å². The van der Waals surface area contributed by atoms with Crippen LogP contribution in [0.1, 0.15) is 40.3 Å². The zero-order valence-corrected chi connectivity index (χ0v) is 23.2. The molecule has 1 saturated heterocycles. The lowest BCUT2D eigenvalue weighted by atomic mass is 9.86. The minimum atomic E-state index is -4.17. The second kappa shape index (κ2) is 10.9. The number of fused-ring (bicyclic) bond motifs is 2. The van der Waals surface area contributed by atoms with Crippen LogP contribution in [0.3, 0.4) is 0 Å². The summed E-state index contributed by atoms with van der Waals surface area (Å²) >= 11 is 6.59. The quantitative estimate of drug-likeness (QED) is 0.367. The largest absolute Gasteiger partial charge is 0.387 e. The molecule has 5 rings (SSSR count). The van der Waals surface area contributed by atoms with Gasteiger partial charge in [-0.25, -0.2) is 0 Å². The number of ether oxygens (including phenoxy) is 2. The van der Waals surface area contributed by atoms with Crippen LogP contribution in [-0.2, 0) is 49.0 Å². The van der Waals surface area contributed by atoms with Gasteiger partial charge in [0.1, 0.15) is 24.4 Å². The van der Waals surface area contributed by atoms with Gasteiger partial charge < -0.3 is 24.8 Å². The van der Waals surface area contributed by atoms with Crippen LogP contribution in [0.5, 0.6) is 0 Å². The Balaban J connectivity index is 1.42. The van der Waals surface area contributed by atoms with Gasteiger partial charge in [-0.3, -0.25) is 4.18 Å². The monoisotopic (exact) mass is 574 g/mol. The van der Waals surface area contributed by atoms with Crippen molar-refractivity contribution in [2.45, 2.75) is 68.4 Å². The van der Waals surface area contributed by atoms with Gasteiger partial charge in [0.05, 0.1) is 18.1 Å². The zero-order valence-electron chi connectivity index (χ0n) is 21.6. The molecule has 10 heteroatoms. The van der Waals surface area contributed by atoms with E-state index < -0.39 is 46.9 Å². The summed E-state index contributed by atoms with van der Waals surface area (Å²) in [5.74, 6) is -1.85. The molecule has 0 amide bonds. The first-order valence-electron chi connectivity index (χ1n) is 12.8. The summed E-state index contributed by atoms with van der Waals surface area (Å²) in [6.45, 7) is 3.35. The van der Waals surface area contributed by atoms with E-state index in [1.807, 2.05) is 19.1 Å². The van der Waals surface area contributed by atoms with Crippen LogP contribution in [0, 0.1) is 6.92 Å². The van der Waals surface area contributed by atoms with Crippen molar-refractivity contribution in [1.29, 1.82) is 0 Å². The first-order chi connectivity index (χ1) is 18.5. The van der Waals surface area contributed by atoms with E-state index in [-0.39, 0.29) is 11.5 Å². The lowest BCUT2D eigenvalue weighted by Gasteiger charge is -2.46. The fourth-order valence-electron chi connectivity index (χ4n) is 5.01. The summed E-state index contributed by atoms with van der Waals surface area (Å²) in [4.78, 5) is -0.0533. The van der Waals surface area contributed by atoms with Crippen molar-refractivity contribution >= 4 is 21.7 Å². The minimum absolute atomic E-state index is 0.0373. The molecule has 2 aliphatic rings. The third-order valence-electron chi connectivity index (χ3n) is 7.38. The smallest absolute Gasteiger partial charge is 0.297 e. The van der Waals surface area contributed by atoms with Crippen molar-refractivity contribution in [3.63, 3.8) is 0 Å². The van der Waals surface area contributed by atoms with E-state index in [1.54, 1.807) is 24.3 Å². The lowest BCUT2D eigenvalue weighted by Crippen LogP contribution is -2.63. The summed E-state index contributed by atoms with van der Waals surface area (Å²) in [6, 6.07) is 17.8. The van der Waals surface area contributed by atoms with Crippen molar-refractivity contribution in [2.75, 3.05) is 6.61 Å². The van der Waals surface area contributed by atoms with Crippen molar-refractivity contribution in [1.82, 2.24) is 0 Å². The number of rotatable bonds is 7. The molecule has 3 N–H and O–H groups in total. The standard InChI is InChI=1S/C29H31ClO8S/c1-3-18-6-8-19(9-7-18)12-20-13-23-21(14-24(20)30)15-36-29(23)28(33)27(32)26(31)25(38-29)16-37-39(34,35)22-10-4-17(2)5-11-22/h4-11,13-14,25-28,31-33H,3,12,15-16H2,1-2H3/t25-,26-,27+,28-,29+/m1/s1. The van der Waals surface area contributed by atoms with Crippen molar-refractivity contribution < 1.29 is 37.4 Å². The molecular formula is C29H31ClO8S. The third-order valence-corrected chi connectivity index (χ3v) is 9.03. The molecule has 8 nitrogen and oxygen atoms in total. The molecular weight excluding hydrogens is 544 g/mol. The molecule has 0 radical (unpaired) electrons. The van der Waals surface area contributed by atoms with Crippen LogP contribution < -0.4 is 0 Å². The molecule has 1 fully saturated rings. The fraction of sp³-hybridized carbons (Fsp3) is 0.379. The normalized spacial score (nSPS) is 26.6. The zero-order chi connectivity index (χ0) is 27.9. The predicted octanol–water partition coefficient (Wildman–Crippen LogP) is 3.37. The molecule has 0 aliphatic carbocycles. The van der Waals surface area contributed by atoms with Crippen LogP contribution in [0.25, 0.3) is 0 Å². The number of aryl methyl sites for hydroxylation is 2. The van der Waals surface area contributed by atoms with Crippen LogP contribution >= 0.6 is 11.6 Å². The summed E-state index contributed by atoms with van der Waals surface area (Å²) in [7, 11) is -4.17. The van der Waals surface area contributed by atoms with Gasteiger partial charge in [0.15, 0.2) is 0 Å². The van der Waals surface area contributed by atoms with Gasteiger partial charge in [0, 0.05) is 10.6 Å². The first kappa shape index (κ1) is 28.2. The fourth-order valence-corrected chi connectivity index (χ4v) is 6.19. The van der Waals surface area contributed by atoms with E-state index in [2.05, 4.69) is 19.1 Å². The van der Waals surface area contributed by atoms with Gasteiger partial charge in [0.25, 0.3) is 10.1 Å². The maximum atomic E-state index is 12.7. The summed E-state index contributed by atoms with van der Waals surface area (Å²) in [6.07, 6.45) is -4.86. The van der Waals surface area contributed by atoms with Crippen LogP contribution in [0.4, 0.5) is 0 Å². The lowest BCUT2D eigenvalue weighted by molar-refractivity contribution is -0.367. The van der Waals surface area contributed by atoms with Gasteiger partial charge in [0.2, 0.25) is 5.79 Å². The van der Waals surface area contributed by atoms with E-state index in [1.165, 1.54) is 17.7 Å². The topological polar surface area (TPSA) is 123 Å². The number of aliphatic hydroxyl groups is 3. The highest BCUT2D eigenvalue weighted by Crippen LogP contribution is 2.47. The summed E-state index contributed by atoms with van der Waals surface area (Å²) < 4.78 is 42.6. The van der Waals surface area contributed by atoms with E-state index in [0.29, 0.717) is 22.6 Å². The van der Waals surface area contributed by atoms with E-state index in [9.17, 15) is 23.7 Å². The summed E-state index contributed by atoms with van der Waals surface area (Å²) in [5.41, 5.74) is 5.01. The van der Waals surface area contributed by atoms with E-state index in [4.69, 9.17) is 25.3 Å². The second-order valence-electron chi connectivity index (χ2n) is 10.0. The molecule has 0 unspecified atom stereocenters. The van der Waals surface area contributed by atoms with Crippen molar-refractivity contribution in [3.8, 4) is 0 Å². The molecule has 0 bridgehead atoms. The van der Waals surface area contributed by atoms with Crippen molar-refractivity contribution in [2.24, 2.45) is 0 Å². The van der Waals surface area contributed by atoms with Crippen LogP contribution in [0.15, 0.2) is 65.6 Å². The maximum Gasteiger partial charge on any atom is 0.297 e. The number of halogens is 1. The molecule has 208 valence electrons. The Labute approximate surface area is 232 Å². The highest BCUT2D eigenvalue weighted by Gasteiger charge is 2.58. The molecule has 2 aliphatic heterocycles. The van der Waals surface area contributed by atoms with E-state index >= 15 is 0 Å². The first-order valence-corrected chi connectivity index (χ1v) is 14.5. The Bertz CT molecular complexity index is 1440. The Kier molecular flexibility index (Phi) is 7.89. The Morgan fingerprint density at radius 3 is 2.33 bits per heavy atom. The molecule has 2 heterocycles. The number of benzene rings is 3.